The Balaban J connectivity index is 0.00000220. The number of nitrogens with one attached hydrogen (secondary N) is 2. The molecular weight excluding hydrogens is 311 g/mol. The molecule has 1 aliphatic heterocycles. The van der Waals surface area contributed by atoms with Gasteiger partial charge in [0.15, 0.2) is 0 Å². The molecule has 21 heavy (non-hydrogen) atoms. The molecule has 0 aromatic heterocycles. The van der Waals surface area contributed by atoms with Crippen LogP contribution in [0, 0.1) is 0 Å². The molecule has 0 aliphatic carbocycles. The van der Waals surface area contributed by atoms with Gasteiger partial charge in [-0.3, -0.25) is 4.79 Å². The normalized spacial score (nSPS) is 13.9. The molecule has 0 unspecified atom stereocenters. The van der Waals surface area contributed by atoms with E-state index in [2.05, 4.69) is 16.7 Å². The first kappa shape index (κ1) is 17.8. The minimum Gasteiger partial charge on any atom is -0.493 e. The van der Waals surface area contributed by atoms with E-state index in [9.17, 15) is 4.79 Å². The van der Waals surface area contributed by atoms with E-state index < -0.39 is 0 Å². The molecule has 0 atom stereocenters. The molecule has 0 bridgehead atoms. The Kier molecular flexibility index (Phi) is 8.20. The fraction of sp³-hybridized carbons (Fsp3) is 0.400. The number of rotatable bonds is 6. The summed E-state index contributed by atoms with van der Waals surface area (Å²) in [7, 11) is 0. The van der Waals surface area contributed by atoms with Gasteiger partial charge in [-0.25, -0.2) is 0 Å². The van der Waals surface area contributed by atoms with E-state index in [-0.39, 0.29) is 18.3 Å². The maximum atomic E-state index is 11.7. The van der Waals surface area contributed by atoms with Crippen LogP contribution in [-0.4, -0.2) is 32.1 Å². The van der Waals surface area contributed by atoms with E-state index in [0.717, 1.165) is 25.3 Å². The van der Waals surface area contributed by atoms with E-state index in [1.165, 1.54) is 5.57 Å². The number of hydrogen-bond donors (Lipinski definition) is 2. The van der Waals surface area contributed by atoms with Gasteiger partial charge in [0, 0.05) is 18.1 Å². The molecule has 0 saturated carbocycles. The highest BCUT2D eigenvalue weighted by Gasteiger charge is 2.06. The highest BCUT2D eigenvalue weighted by molar-refractivity contribution is 6.30. The lowest BCUT2D eigenvalue weighted by atomic mass is 10.1. The molecule has 1 aromatic carbocycles. The first-order valence-corrected chi connectivity index (χ1v) is 7.15. The van der Waals surface area contributed by atoms with Crippen molar-refractivity contribution in [2.45, 2.75) is 12.8 Å². The summed E-state index contributed by atoms with van der Waals surface area (Å²) in [6, 6.07) is 7.11. The van der Waals surface area contributed by atoms with Crippen LogP contribution in [0.2, 0.25) is 5.02 Å². The zero-order valence-electron chi connectivity index (χ0n) is 11.7. The molecule has 4 nitrogen and oxygen atoms in total. The standard InChI is InChI=1S/C15H19ClN2O2.ClH/c16-13-1-3-14(4-2-13)20-10-7-15(19)18-11-12-5-8-17-9-6-12;/h1-5,17H,6-11H2,(H,18,19);1H. The number of halogens is 2. The summed E-state index contributed by atoms with van der Waals surface area (Å²) in [6.07, 6.45) is 3.49. The number of hydrogen-bond acceptors (Lipinski definition) is 3. The Bertz CT molecular complexity index is 475. The molecule has 116 valence electrons. The number of amides is 1. The molecule has 0 radical (unpaired) electrons. The third kappa shape index (κ3) is 6.85. The molecule has 1 heterocycles. The second-order valence-corrected chi connectivity index (χ2v) is 5.08. The van der Waals surface area contributed by atoms with Crippen molar-refractivity contribution in [1.82, 2.24) is 10.6 Å². The minimum absolute atomic E-state index is 0. The Hall–Kier alpha value is -1.23. The van der Waals surface area contributed by atoms with Crippen LogP contribution in [0.3, 0.4) is 0 Å². The van der Waals surface area contributed by atoms with E-state index >= 15 is 0 Å². The first-order valence-electron chi connectivity index (χ1n) is 6.78. The third-order valence-electron chi connectivity index (χ3n) is 3.08. The second-order valence-electron chi connectivity index (χ2n) is 4.65. The largest absolute Gasteiger partial charge is 0.493 e. The molecule has 1 aromatic rings. The van der Waals surface area contributed by atoms with Crippen LogP contribution in [0.4, 0.5) is 0 Å². The van der Waals surface area contributed by atoms with Crippen molar-refractivity contribution >= 4 is 29.9 Å². The molecule has 0 spiro atoms. The van der Waals surface area contributed by atoms with Crippen molar-refractivity contribution in [3.05, 3.63) is 40.9 Å². The van der Waals surface area contributed by atoms with Crippen molar-refractivity contribution in [2.75, 3.05) is 26.2 Å². The lowest BCUT2D eigenvalue weighted by molar-refractivity contribution is -0.121. The van der Waals surface area contributed by atoms with Crippen molar-refractivity contribution in [3.63, 3.8) is 0 Å². The molecule has 6 heteroatoms. The number of ether oxygens (including phenoxy) is 1. The van der Waals surface area contributed by atoms with Gasteiger partial charge in [0.2, 0.25) is 5.91 Å². The lowest BCUT2D eigenvalue weighted by Gasteiger charge is -2.14. The molecule has 0 saturated heterocycles. The zero-order chi connectivity index (χ0) is 14.2. The molecule has 1 aliphatic rings. The van der Waals surface area contributed by atoms with Crippen LogP contribution < -0.4 is 15.4 Å². The summed E-state index contributed by atoms with van der Waals surface area (Å²) in [5, 5.41) is 6.82. The Morgan fingerprint density at radius 1 is 1.33 bits per heavy atom. The summed E-state index contributed by atoms with van der Waals surface area (Å²) < 4.78 is 5.48. The van der Waals surface area contributed by atoms with Crippen LogP contribution in [0.15, 0.2) is 35.9 Å². The Morgan fingerprint density at radius 2 is 2.10 bits per heavy atom. The van der Waals surface area contributed by atoms with Crippen molar-refractivity contribution in [1.29, 1.82) is 0 Å². The van der Waals surface area contributed by atoms with Gasteiger partial charge >= 0.3 is 0 Å². The number of benzene rings is 1. The zero-order valence-corrected chi connectivity index (χ0v) is 13.3. The van der Waals surface area contributed by atoms with Gasteiger partial charge in [-0.15, -0.1) is 12.4 Å². The smallest absolute Gasteiger partial charge is 0.223 e. The van der Waals surface area contributed by atoms with Gasteiger partial charge in [-0.1, -0.05) is 23.3 Å². The maximum absolute atomic E-state index is 11.7. The molecule has 2 N–H and O–H groups in total. The fourth-order valence-corrected chi connectivity index (χ4v) is 2.05. The summed E-state index contributed by atoms with van der Waals surface area (Å²) in [6.45, 7) is 2.89. The average Bonchev–Trinajstić information content (AvgIpc) is 2.48. The lowest BCUT2D eigenvalue weighted by Crippen LogP contribution is -2.30. The highest BCUT2D eigenvalue weighted by atomic mass is 35.5. The van der Waals surface area contributed by atoms with E-state index in [1.54, 1.807) is 24.3 Å². The van der Waals surface area contributed by atoms with Gasteiger partial charge in [0.25, 0.3) is 0 Å². The minimum atomic E-state index is 0. The predicted molar refractivity (Wildman–Crippen MR) is 87.4 cm³/mol. The summed E-state index contributed by atoms with van der Waals surface area (Å²) in [5.41, 5.74) is 1.29. The van der Waals surface area contributed by atoms with Crippen molar-refractivity contribution in [2.24, 2.45) is 0 Å². The highest BCUT2D eigenvalue weighted by Crippen LogP contribution is 2.15. The summed E-state index contributed by atoms with van der Waals surface area (Å²) in [5.74, 6) is 0.738. The van der Waals surface area contributed by atoms with E-state index in [1.807, 2.05) is 0 Å². The molecular formula is C15H20Cl2N2O2. The average molecular weight is 331 g/mol. The van der Waals surface area contributed by atoms with Crippen LogP contribution in [0.5, 0.6) is 5.75 Å². The van der Waals surface area contributed by atoms with Crippen molar-refractivity contribution < 1.29 is 9.53 Å². The number of carbonyl (C=O) groups is 1. The maximum Gasteiger partial charge on any atom is 0.223 e. The SMILES string of the molecule is Cl.O=C(CCOc1ccc(Cl)cc1)NCC1=CCNCC1. The van der Waals surface area contributed by atoms with Crippen LogP contribution >= 0.6 is 24.0 Å². The van der Waals surface area contributed by atoms with Gasteiger partial charge in [0.05, 0.1) is 13.0 Å². The first-order chi connectivity index (χ1) is 9.74. The molecule has 0 fully saturated rings. The van der Waals surface area contributed by atoms with Gasteiger partial charge < -0.3 is 15.4 Å². The summed E-state index contributed by atoms with van der Waals surface area (Å²) in [4.78, 5) is 11.7. The van der Waals surface area contributed by atoms with Gasteiger partial charge in [-0.2, -0.15) is 0 Å². The fourth-order valence-electron chi connectivity index (χ4n) is 1.92. The third-order valence-corrected chi connectivity index (χ3v) is 3.33. The Labute approximate surface area is 136 Å². The van der Waals surface area contributed by atoms with Crippen LogP contribution in [0.25, 0.3) is 0 Å². The monoisotopic (exact) mass is 330 g/mol. The number of carbonyl (C=O) groups excluding carboxylic acids is 1. The Morgan fingerprint density at radius 3 is 2.76 bits per heavy atom. The quantitative estimate of drug-likeness (QED) is 0.788. The van der Waals surface area contributed by atoms with E-state index in [0.29, 0.717) is 24.6 Å². The molecule has 1 amide bonds. The van der Waals surface area contributed by atoms with Gasteiger partial charge in [-0.05, 0) is 37.2 Å². The molecule has 2 rings (SSSR count). The topological polar surface area (TPSA) is 50.4 Å². The second kappa shape index (κ2) is 9.66. The predicted octanol–water partition coefficient (Wildman–Crippen LogP) is 2.57. The van der Waals surface area contributed by atoms with Crippen molar-refractivity contribution in [3.8, 4) is 5.75 Å². The van der Waals surface area contributed by atoms with Gasteiger partial charge in [0.1, 0.15) is 5.75 Å². The summed E-state index contributed by atoms with van der Waals surface area (Å²) >= 11 is 5.78. The van der Waals surface area contributed by atoms with E-state index in [4.69, 9.17) is 16.3 Å². The van der Waals surface area contributed by atoms with Crippen LogP contribution in [0.1, 0.15) is 12.8 Å². The van der Waals surface area contributed by atoms with Crippen LogP contribution in [-0.2, 0) is 4.79 Å².